The van der Waals surface area contributed by atoms with Crippen molar-refractivity contribution in [2.75, 3.05) is 18.5 Å². The second kappa shape index (κ2) is 5.29. The van der Waals surface area contributed by atoms with Gasteiger partial charge in [-0.1, -0.05) is 11.6 Å². The molecule has 1 aliphatic carbocycles. The van der Waals surface area contributed by atoms with E-state index in [4.69, 9.17) is 11.6 Å². The van der Waals surface area contributed by atoms with Crippen LogP contribution in [0.15, 0.2) is 18.2 Å². The zero-order chi connectivity index (χ0) is 13.3. The maximum absolute atomic E-state index is 11.2. The lowest BCUT2D eigenvalue weighted by molar-refractivity contribution is 0.0465. The fraction of sp³-hybridized carbons (Fsp3) is 0.500. The summed E-state index contributed by atoms with van der Waals surface area (Å²) in [7, 11) is 1.99. The Balaban J connectivity index is 2.05. The van der Waals surface area contributed by atoms with Crippen LogP contribution in [0.5, 0.6) is 0 Å². The van der Waals surface area contributed by atoms with Crippen LogP contribution in [-0.4, -0.2) is 30.6 Å². The molecule has 1 fully saturated rings. The molecule has 1 aromatic rings. The smallest absolute Gasteiger partial charge is 0.159 e. The number of benzene rings is 1. The van der Waals surface area contributed by atoms with Gasteiger partial charge in [-0.3, -0.25) is 4.79 Å². The van der Waals surface area contributed by atoms with Crippen molar-refractivity contribution in [2.45, 2.75) is 25.9 Å². The molecule has 0 amide bonds. The number of aliphatic hydroxyl groups excluding tert-OH is 1. The largest absolute Gasteiger partial charge is 0.393 e. The van der Waals surface area contributed by atoms with Crippen LogP contribution in [0.1, 0.15) is 30.1 Å². The summed E-state index contributed by atoms with van der Waals surface area (Å²) in [6.45, 7) is 2.42. The van der Waals surface area contributed by atoms with Crippen molar-refractivity contribution >= 4 is 23.1 Å². The number of ketones is 1. The maximum atomic E-state index is 11.2. The van der Waals surface area contributed by atoms with Crippen molar-refractivity contribution < 1.29 is 9.90 Å². The molecule has 1 saturated carbocycles. The average molecular weight is 268 g/mol. The lowest BCUT2D eigenvalue weighted by Crippen LogP contribution is -2.37. The van der Waals surface area contributed by atoms with Crippen molar-refractivity contribution in [3.63, 3.8) is 0 Å². The van der Waals surface area contributed by atoms with Gasteiger partial charge in [-0.25, -0.2) is 0 Å². The van der Waals surface area contributed by atoms with Crippen LogP contribution in [-0.2, 0) is 0 Å². The SMILES string of the molecule is CC(=O)c1ccc(N(C)CC2CC(O)C2)c(Cl)c1. The Hall–Kier alpha value is -1.06. The van der Waals surface area contributed by atoms with Crippen LogP contribution < -0.4 is 4.90 Å². The molecule has 0 aliphatic heterocycles. The Morgan fingerprint density at radius 2 is 2.17 bits per heavy atom. The van der Waals surface area contributed by atoms with Gasteiger partial charge in [-0.2, -0.15) is 0 Å². The molecule has 18 heavy (non-hydrogen) atoms. The van der Waals surface area contributed by atoms with E-state index in [9.17, 15) is 9.90 Å². The van der Waals surface area contributed by atoms with Gasteiger partial charge >= 0.3 is 0 Å². The van der Waals surface area contributed by atoms with Crippen molar-refractivity contribution in [3.05, 3.63) is 28.8 Å². The van der Waals surface area contributed by atoms with Crippen LogP contribution in [0, 0.1) is 5.92 Å². The molecule has 1 aromatic carbocycles. The molecule has 0 aromatic heterocycles. The summed E-state index contributed by atoms with van der Waals surface area (Å²) in [5, 5.41) is 9.87. The second-order valence-corrected chi connectivity index (χ2v) is 5.50. The van der Waals surface area contributed by atoms with Gasteiger partial charge in [0.1, 0.15) is 0 Å². The average Bonchev–Trinajstić information content (AvgIpc) is 2.26. The third-order valence-corrected chi connectivity index (χ3v) is 3.81. The predicted molar refractivity (Wildman–Crippen MR) is 73.5 cm³/mol. The number of carbonyl (C=O) groups is 1. The molecule has 1 N–H and O–H groups in total. The van der Waals surface area contributed by atoms with E-state index in [2.05, 4.69) is 4.90 Å². The molecule has 0 unspecified atom stereocenters. The molecule has 0 bridgehead atoms. The summed E-state index contributed by atoms with van der Waals surface area (Å²) in [5.74, 6) is 0.557. The number of hydrogen-bond donors (Lipinski definition) is 1. The van der Waals surface area contributed by atoms with E-state index >= 15 is 0 Å². The van der Waals surface area contributed by atoms with Gasteiger partial charge in [0.25, 0.3) is 0 Å². The van der Waals surface area contributed by atoms with Crippen LogP contribution in [0.25, 0.3) is 0 Å². The quantitative estimate of drug-likeness (QED) is 0.853. The zero-order valence-electron chi connectivity index (χ0n) is 10.7. The highest BCUT2D eigenvalue weighted by atomic mass is 35.5. The maximum Gasteiger partial charge on any atom is 0.159 e. The summed E-state index contributed by atoms with van der Waals surface area (Å²) in [6.07, 6.45) is 1.61. The first-order chi connectivity index (χ1) is 8.47. The highest BCUT2D eigenvalue weighted by Crippen LogP contribution is 2.32. The molecule has 0 radical (unpaired) electrons. The third kappa shape index (κ3) is 2.85. The van der Waals surface area contributed by atoms with Gasteiger partial charge < -0.3 is 10.0 Å². The van der Waals surface area contributed by atoms with Gasteiger partial charge in [0.05, 0.1) is 16.8 Å². The van der Waals surface area contributed by atoms with Gasteiger partial charge in [0.15, 0.2) is 5.78 Å². The molecule has 2 rings (SSSR count). The minimum atomic E-state index is -0.126. The number of anilines is 1. The van der Waals surface area contributed by atoms with E-state index in [-0.39, 0.29) is 11.9 Å². The van der Waals surface area contributed by atoms with Crippen LogP contribution in [0.4, 0.5) is 5.69 Å². The molecule has 0 spiro atoms. The highest BCUT2D eigenvalue weighted by molar-refractivity contribution is 6.33. The van der Waals surface area contributed by atoms with Crippen LogP contribution in [0.3, 0.4) is 0 Å². The summed E-state index contributed by atoms with van der Waals surface area (Å²) >= 11 is 6.20. The van der Waals surface area contributed by atoms with E-state index in [0.29, 0.717) is 16.5 Å². The molecule has 3 nitrogen and oxygen atoms in total. The van der Waals surface area contributed by atoms with Crippen LogP contribution in [0.2, 0.25) is 5.02 Å². The van der Waals surface area contributed by atoms with E-state index in [1.54, 1.807) is 12.1 Å². The lowest BCUT2D eigenvalue weighted by atomic mass is 9.82. The number of nitrogens with zero attached hydrogens (tertiary/aromatic N) is 1. The van der Waals surface area contributed by atoms with Crippen molar-refractivity contribution in [2.24, 2.45) is 5.92 Å². The minimum absolute atomic E-state index is 0.0215. The first-order valence-electron chi connectivity index (χ1n) is 6.17. The van der Waals surface area contributed by atoms with Crippen LogP contribution >= 0.6 is 11.6 Å². The molecule has 0 heterocycles. The monoisotopic (exact) mass is 267 g/mol. The van der Waals surface area contributed by atoms with Gasteiger partial charge in [-0.05, 0) is 43.9 Å². The van der Waals surface area contributed by atoms with Crippen molar-refractivity contribution in [1.82, 2.24) is 0 Å². The minimum Gasteiger partial charge on any atom is -0.393 e. The normalized spacial score (nSPS) is 22.4. The third-order valence-electron chi connectivity index (χ3n) is 3.51. The Labute approximate surface area is 112 Å². The molecular weight excluding hydrogens is 250 g/mol. The first-order valence-corrected chi connectivity index (χ1v) is 6.55. The van der Waals surface area contributed by atoms with E-state index in [1.165, 1.54) is 6.92 Å². The topological polar surface area (TPSA) is 40.5 Å². The highest BCUT2D eigenvalue weighted by Gasteiger charge is 2.28. The first kappa shape index (κ1) is 13.4. The fourth-order valence-corrected chi connectivity index (χ4v) is 2.70. The number of rotatable bonds is 4. The summed E-state index contributed by atoms with van der Waals surface area (Å²) in [6, 6.07) is 5.40. The summed E-state index contributed by atoms with van der Waals surface area (Å²) in [4.78, 5) is 13.3. The second-order valence-electron chi connectivity index (χ2n) is 5.09. The zero-order valence-corrected chi connectivity index (χ0v) is 11.4. The molecule has 1 aliphatic rings. The van der Waals surface area contributed by atoms with Gasteiger partial charge in [-0.15, -0.1) is 0 Å². The number of carbonyl (C=O) groups excluding carboxylic acids is 1. The summed E-state index contributed by atoms with van der Waals surface area (Å²) < 4.78 is 0. The standard InChI is InChI=1S/C14H18ClNO2/c1-9(17)11-3-4-14(13(15)7-11)16(2)8-10-5-12(18)6-10/h3-4,7,10,12,18H,5-6,8H2,1-2H3. The lowest BCUT2D eigenvalue weighted by Gasteiger charge is -2.35. The molecule has 4 heteroatoms. The van der Waals surface area contributed by atoms with Gasteiger partial charge in [0, 0.05) is 19.2 Å². The van der Waals surface area contributed by atoms with E-state index < -0.39 is 0 Å². The Morgan fingerprint density at radius 1 is 1.50 bits per heavy atom. The van der Waals surface area contributed by atoms with E-state index in [0.717, 1.165) is 25.1 Å². The van der Waals surface area contributed by atoms with Crippen molar-refractivity contribution in [1.29, 1.82) is 0 Å². The Kier molecular flexibility index (Phi) is 3.93. The fourth-order valence-electron chi connectivity index (χ4n) is 2.37. The Morgan fingerprint density at radius 3 is 2.67 bits per heavy atom. The molecule has 0 atom stereocenters. The molecular formula is C14H18ClNO2. The van der Waals surface area contributed by atoms with Gasteiger partial charge in [0.2, 0.25) is 0 Å². The number of Topliss-reactive ketones (excluding diaryl/α,β-unsaturated/α-hetero) is 1. The molecule has 98 valence electrons. The summed E-state index contributed by atoms with van der Waals surface area (Å²) in [5.41, 5.74) is 1.57. The number of aliphatic hydroxyl groups is 1. The molecule has 0 saturated heterocycles. The predicted octanol–water partition coefficient (Wildman–Crippen LogP) is 2.75. The number of hydrogen-bond acceptors (Lipinski definition) is 3. The van der Waals surface area contributed by atoms with Crippen molar-refractivity contribution in [3.8, 4) is 0 Å². The number of halogens is 1. The Bertz CT molecular complexity index is 455. The van der Waals surface area contributed by atoms with E-state index in [1.807, 2.05) is 13.1 Å².